The topological polar surface area (TPSA) is 148 Å². The lowest BCUT2D eigenvalue weighted by Crippen LogP contribution is -2.31. The quantitative estimate of drug-likeness (QED) is 0.232. The second kappa shape index (κ2) is 11.3. The first-order chi connectivity index (χ1) is 21.7. The molecule has 0 aliphatic carbocycles. The Morgan fingerprint density at radius 3 is 1.78 bits per heavy atom. The SMILES string of the molecule is CC1(C)CNC(=O)c2cc3ccc(C(=O)O)cc3n2C1.Cc1cc(CC(=O)c2ccc3cc4n(c3c2)CC(C)(C)CNC4=O)no1. The molecule has 2 aliphatic rings. The fourth-order valence-corrected chi connectivity index (χ4v) is 6.09. The summed E-state index contributed by atoms with van der Waals surface area (Å²) in [5.41, 5.74) is 4.27. The first kappa shape index (κ1) is 30.8. The van der Waals surface area contributed by atoms with E-state index in [1.54, 1.807) is 37.3 Å². The zero-order chi connectivity index (χ0) is 33.0. The molecule has 0 spiro atoms. The number of hydrogen-bond donors (Lipinski definition) is 3. The highest BCUT2D eigenvalue weighted by atomic mass is 16.5. The maximum Gasteiger partial charge on any atom is 0.335 e. The van der Waals surface area contributed by atoms with Crippen LogP contribution in [0.25, 0.3) is 21.8 Å². The number of rotatable bonds is 4. The molecular formula is C35H37N5O6. The number of carbonyl (C=O) groups is 4. The van der Waals surface area contributed by atoms with Gasteiger partial charge in [-0.3, -0.25) is 14.4 Å². The van der Waals surface area contributed by atoms with E-state index in [1.165, 1.54) is 0 Å². The first-order valence-electron chi connectivity index (χ1n) is 15.2. The molecule has 5 heterocycles. The van der Waals surface area contributed by atoms with Crippen LogP contribution in [0.1, 0.15) is 80.8 Å². The molecule has 3 aromatic heterocycles. The van der Waals surface area contributed by atoms with Gasteiger partial charge in [0.25, 0.3) is 11.8 Å². The van der Waals surface area contributed by atoms with Gasteiger partial charge in [-0.05, 0) is 37.3 Å². The Morgan fingerprint density at radius 1 is 0.804 bits per heavy atom. The zero-order valence-electron chi connectivity index (χ0n) is 26.6. The fraction of sp³-hybridized carbons (Fsp3) is 0.343. The summed E-state index contributed by atoms with van der Waals surface area (Å²) in [4.78, 5) is 48.3. The highest BCUT2D eigenvalue weighted by molar-refractivity contribution is 6.04. The van der Waals surface area contributed by atoms with Crippen molar-refractivity contribution in [2.24, 2.45) is 10.8 Å². The number of aromatic carboxylic acids is 1. The van der Waals surface area contributed by atoms with Crippen molar-refractivity contribution in [3.05, 3.63) is 88.6 Å². The summed E-state index contributed by atoms with van der Waals surface area (Å²) in [7, 11) is 0. The molecule has 5 aromatic rings. The Balaban J connectivity index is 0.000000167. The van der Waals surface area contributed by atoms with Crippen LogP contribution in [-0.4, -0.2) is 56.1 Å². The molecule has 0 radical (unpaired) electrons. The molecule has 0 saturated heterocycles. The van der Waals surface area contributed by atoms with Crippen molar-refractivity contribution in [2.45, 2.75) is 54.1 Å². The smallest absolute Gasteiger partial charge is 0.335 e. The summed E-state index contributed by atoms with van der Waals surface area (Å²) < 4.78 is 8.97. The zero-order valence-corrected chi connectivity index (χ0v) is 26.6. The van der Waals surface area contributed by atoms with Gasteiger partial charge in [-0.2, -0.15) is 0 Å². The number of fused-ring (bicyclic) bond motifs is 6. The molecule has 0 atom stereocenters. The van der Waals surface area contributed by atoms with E-state index in [4.69, 9.17) is 9.63 Å². The maximum atomic E-state index is 12.6. The third kappa shape index (κ3) is 6.04. The van der Waals surface area contributed by atoms with Crippen LogP contribution in [0, 0.1) is 17.8 Å². The van der Waals surface area contributed by atoms with E-state index in [0.29, 0.717) is 54.6 Å². The summed E-state index contributed by atoms with van der Waals surface area (Å²) in [5.74, 6) is -0.470. The molecule has 0 bridgehead atoms. The molecule has 11 heteroatoms. The monoisotopic (exact) mass is 623 g/mol. The van der Waals surface area contributed by atoms with E-state index in [0.717, 1.165) is 21.8 Å². The van der Waals surface area contributed by atoms with Crippen molar-refractivity contribution >= 4 is 45.4 Å². The lowest BCUT2D eigenvalue weighted by Gasteiger charge is -2.23. The number of benzene rings is 2. The van der Waals surface area contributed by atoms with Gasteiger partial charge in [-0.1, -0.05) is 51.1 Å². The number of carbonyl (C=O) groups excluding carboxylic acids is 3. The molecule has 0 saturated carbocycles. The molecule has 238 valence electrons. The van der Waals surface area contributed by atoms with Gasteiger partial charge in [0.05, 0.1) is 17.7 Å². The predicted molar refractivity (Wildman–Crippen MR) is 172 cm³/mol. The molecule has 7 rings (SSSR count). The minimum atomic E-state index is -0.959. The second-order valence-electron chi connectivity index (χ2n) is 13.8. The minimum absolute atomic E-state index is 0.0203. The number of aromatic nitrogens is 3. The molecular weight excluding hydrogens is 586 g/mol. The number of ketones is 1. The summed E-state index contributed by atoms with van der Waals surface area (Å²) >= 11 is 0. The Bertz CT molecular complexity index is 2040. The highest BCUT2D eigenvalue weighted by Crippen LogP contribution is 2.30. The van der Waals surface area contributed by atoms with Gasteiger partial charge in [0.1, 0.15) is 17.1 Å². The third-order valence-corrected chi connectivity index (χ3v) is 8.49. The van der Waals surface area contributed by atoms with Crippen molar-refractivity contribution in [3.8, 4) is 0 Å². The van der Waals surface area contributed by atoms with Gasteiger partial charge in [0.2, 0.25) is 0 Å². The summed E-state index contributed by atoms with van der Waals surface area (Å²) in [6.45, 7) is 12.8. The normalized spacial score (nSPS) is 16.7. The Morgan fingerprint density at radius 2 is 1.30 bits per heavy atom. The number of carboxylic acid groups (broad SMARTS) is 1. The van der Waals surface area contributed by atoms with E-state index >= 15 is 0 Å². The number of hydrogen-bond acceptors (Lipinski definition) is 6. The molecule has 0 unspecified atom stereocenters. The number of nitrogens with zero attached hydrogens (tertiary/aromatic N) is 3. The number of carboxylic acids is 1. The van der Waals surface area contributed by atoms with E-state index in [9.17, 15) is 19.2 Å². The van der Waals surface area contributed by atoms with Crippen molar-refractivity contribution in [2.75, 3.05) is 13.1 Å². The van der Waals surface area contributed by atoms with E-state index in [-0.39, 0.29) is 40.4 Å². The average molecular weight is 624 g/mol. The minimum Gasteiger partial charge on any atom is -0.478 e. The average Bonchev–Trinajstić information content (AvgIpc) is 3.64. The molecule has 0 fully saturated rings. The van der Waals surface area contributed by atoms with Crippen LogP contribution in [0.15, 0.2) is 59.1 Å². The van der Waals surface area contributed by atoms with Crippen molar-refractivity contribution < 1.29 is 28.8 Å². The summed E-state index contributed by atoms with van der Waals surface area (Å²) in [5, 5.41) is 20.7. The second-order valence-corrected chi connectivity index (χ2v) is 13.8. The van der Waals surface area contributed by atoms with Gasteiger partial charge in [-0.15, -0.1) is 0 Å². The fourth-order valence-electron chi connectivity index (χ4n) is 6.09. The lowest BCUT2D eigenvalue weighted by molar-refractivity contribution is 0.0696. The largest absolute Gasteiger partial charge is 0.478 e. The van der Waals surface area contributed by atoms with Crippen molar-refractivity contribution in [1.29, 1.82) is 0 Å². The van der Waals surface area contributed by atoms with Crippen molar-refractivity contribution in [1.82, 2.24) is 24.9 Å². The van der Waals surface area contributed by atoms with Gasteiger partial charge in [0.15, 0.2) is 5.78 Å². The number of nitrogens with one attached hydrogen (secondary N) is 2. The van der Waals surface area contributed by atoms with Gasteiger partial charge >= 0.3 is 5.97 Å². The Hall–Kier alpha value is -5.19. The van der Waals surface area contributed by atoms with Crippen LogP contribution in [0.2, 0.25) is 0 Å². The third-order valence-electron chi connectivity index (χ3n) is 8.49. The molecule has 2 amide bonds. The maximum absolute atomic E-state index is 12.6. The van der Waals surface area contributed by atoms with Gasteiger partial charge in [0, 0.05) is 70.4 Å². The molecule has 3 N–H and O–H groups in total. The highest BCUT2D eigenvalue weighted by Gasteiger charge is 2.30. The molecule has 2 aromatic carbocycles. The summed E-state index contributed by atoms with van der Waals surface area (Å²) in [6, 6.07) is 16.0. The van der Waals surface area contributed by atoms with Crippen LogP contribution >= 0.6 is 0 Å². The molecule has 2 aliphatic heterocycles. The Labute approximate surface area is 265 Å². The molecule has 11 nitrogen and oxygen atoms in total. The molecule has 46 heavy (non-hydrogen) atoms. The van der Waals surface area contributed by atoms with Crippen LogP contribution in [0.5, 0.6) is 0 Å². The number of Topliss-reactive ketones (excluding diaryl/α,β-unsaturated/α-hetero) is 1. The Kier molecular flexibility index (Phi) is 7.58. The van der Waals surface area contributed by atoms with E-state index < -0.39 is 5.97 Å². The van der Waals surface area contributed by atoms with Gasteiger partial charge < -0.3 is 29.4 Å². The lowest BCUT2D eigenvalue weighted by atomic mass is 9.93. The van der Waals surface area contributed by atoms with Crippen LogP contribution in [-0.2, 0) is 19.5 Å². The summed E-state index contributed by atoms with van der Waals surface area (Å²) in [6.07, 6.45) is 0.197. The predicted octanol–water partition coefficient (Wildman–Crippen LogP) is 5.24. The van der Waals surface area contributed by atoms with Gasteiger partial charge in [-0.25, -0.2) is 4.79 Å². The number of amides is 2. The van der Waals surface area contributed by atoms with E-state index in [2.05, 4.69) is 43.5 Å². The first-order valence-corrected chi connectivity index (χ1v) is 15.2. The standard InChI is InChI=1S/C20H21N3O3.C15H16N2O3/c1-12-6-15(22-26-12)9-18(24)14-5-4-13-7-17-19(25)21-10-20(2,3)11-23(17)16(13)8-14;1-15(2)7-16-13(18)12-5-9-3-4-10(14(19)20)6-11(9)17(12)8-15/h4-8H,9-11H2,1-3H3,(H,21,25);3-6H,7-8H2,1-2H3,(H,16,18)(H,19,20). The van der Waals surface area contributed by atoms with Crippen molar-refractivity contribution in [3.63, 3.8) is 0 Å². The number of aryl methyl sites for hydroxylation is 1. The van der Waals surface area contributed by atoms with Crippen LogP contribution in [0.3, 0.4) is 0 Å². The van der Waals surface area contributed by atoms with Crippen LogP contribution < -0.4 is 10.6 Å². The van der Waals surface area contributed by atoms with E-state index in [1.807, 2.05) is 33.4 Å². The van der Waals surface area contributed by atoms with Crippen LogP contribution in [0.4, 0.5) is 0 Å².